The topological polar surface area (TPSA) is 107 Å². The van der Waals surface area contributed by atoms with E-state index in [1.54, 1.807) is 35.8 Å². The molecule has 6 aromatic rings. The van der Waals surface area contributed by atoms with E-state index in [2.05, 4.69) is 21.3 Å². The summed E-state index contributed by atoms with van der Waals surface area (Å²) in [6, 6.07) is 17.4. The van der Waals surface area contributed by atoms with Crippen molar-refractivity contribution in [3.05, 3.63) is 114 Å². The lowest BCUT2D eigenvalue weighted by Crippen LogP contribution is -2.21. The molecule has 0 saturated heterocycles. The molecule has 0 aliphatic carbocycles. The summed E-state index contributed by atoms with van der Waals surface area (Å²) in [5.74, 6) is 0.742. The van der Waals surface area contributed by atoms with E-state index < -0.39 is 10.0 Å². The van der Waals surface area contributed by atoms with Gasteiger partial charge in [-0.25, -0.2) is 8.42 Å². The van der Waals surface area contributed by atoms with Crippen LogP contribution in [-0.2, 0) is 23.0 Å². The molecule has 0 aliphatic heterocycles. The molecule has 11 heteroatoms. The fraction of sp³-hybridized carbons (Fsp3) is 0.219. The number of sulfonamides is 1. The lowest BCUT2D eigenvalue weighted by atomic mass is 10.0. The number of hydrogen-bond acceptors (Lipinski definition) is 8. The second-order valence-electron chi connectivity index (χ2n) is 10.7. The summed E-state index contributed by atoms with van der Waals surface area (Å²) >= 11 is 2.89. The van der Waals surface area contributed by atoms with Crippen molar-refractivity contribution in [3.63, 3.8) is 0 Å². The van der Waals surface area contributed by atoms with Crippen LogP contribution in [0.2, 0.25) is 0 Å². The quantitative estimate of drug-likeness (QED) is 0.191. The Morgan fingerprint density at radius 1 is 1.00 bits per heavy atom. The molecular formula is C32H30N4O4S3. The predicted octanol–water partition coefficient (Wildman–Crippen LogP) is 7.16. The Balaban J connectivity index is 1.33. The van der Waals surface area contributed by atoms with Crippen molar-refractivity contribution in [2.24, 2.45) is 0 Å². The third kappa shape index (κ3) is 5.67. The Morgan fingerprint density at radius 3 is 2.44 bits per heavy atom. The van der Waals surface area contributed by atoms with Gasteiger partial charge < -0.3 is 9.09 Å². The van der Waals surface area contributed by atoms with E-state index in [1.165, 1.54) is 16.2 Å². The summed E-state index contributed by atoms with van der Waals surface area (Å²) in [6.45, 7) is 9.69. The van der Waals surface area contributed by atoms with Crippen molar-refractivity contribution < 1.29 is 12.9 Å². The summed E-state index contributed by atoms with van der Waals surface area (Å²) in [4.78, 5) is 20.2. The molecule has 0 amide bonds. The molecule has 43 heavy (non-hydrogen) atoms. The van der Waals surface area contributed by atoms with E-state index in [1.807, 2.05) is 63.2 Å². The van der Waals surface area contributed by atoms with Gasteiger partial charge in [-0.2, -0.15) is 0 Å². The molecule has 8 nitrogen and oxygen atoms in total. The Morgan fingerprint density at radius 2 is 1.77 bits per heavy atom. The Labute approximate surface area is 257 Å². The van der Waals surface area contributed by atoms with Crippen molar-refractivity contribution in [1.82, 2.24) is 14.7 Å². The second-order valence-corrected chi connectivity index (χ2v) is 14.8. The maximum Gasteiger partial charge on any atom is 0.273 e. The molecular weight excluding hydrogens is 601 g/mol. The standard InChI is InChI=1S/C32H30N4O4S3/c1-18-13-29(37)36(28-16-25(33-21(4)30(18)28)15-26-7-6-12-41-26)17-23-8-10-24(11-9-23)27-14-19(2)42-32(27)43(38,39)35-31-20(3)22(5)40-34-31/h6-14,16H,15,17H2,1-5H3,(H,34,35). The number of rotatable bonds is 8. The minimum atomic E-state index is -3.90. The van der Waals surface area contributed by atoms with Crippen molar-refractivity contribution >= 4 is 49.4 Å². The third-order valence-corrected chi connectivity index (χ3v) is 11.3. The summed E-state index contributed by atoms with van der Waals surface area (Å²) in [6.07, 6.45) is 0.710. The van der Waals surface area contributed by atoms with Gasteiger partial charge in [-0.15, -0.1) is 22.7 Å². The molecule has 0 saturated carbocycles. The predicted molar refractivity (Wildman–Crippen MR) is 173 cm³/mol. The summed E-state index contributed by atoms with van der Waals surface area (Å²) < 4.78 is 36.5. The van der Waals surface area contributed by atoms with Crippen molar-refractivity contribution in [2.75, 3.05) is 4.72 Å². The first-order valence-corrected chi connectivity index (χ1v) is 16.9. The van der Waals surface area contributed by atoms with Crippen LogP contribution in [0.3, 0.4) is 0 Å². The van der Waals surface area contributed by atoms with Crippen LogP contribution in [-0.4, -0.2) is 23.1 Å². The van der Waals surface area contributed by atoms with Gasteiger partial charge in [0, 0.05) is 50.1 Å². The van der Waals surface area contributed by atoms with Gasteiger partial charge in [0.15, 0.2) is 5.82 Å². The maximum absolute atomic E-state index is 13.4. The van der Waals surface area contributed by atoms with Gasteiger partial charge in [0.2, 0.25) is 0 Å². The Bertz CT molecular complexity index is 2140. The number of pyridine rings is 2. The van der Waals surface area contributed by atoms with Crippen LogP contribution in [0, 0.1) is 34.6 Å². The molecule has 0 aliphatic rings. The molecule has 0 bridgehead atoms. The fourth-order valence-electron chi connectivity index (χ4n) is 5.27. The highest BCUT2D eigenvalue weighted by Crippen LogP contribution is 2.36. The van der Waals surface area contributed by atoms with E-state index >= 15 is 0 Å². The fourth-order valence-corrected chi connectivity index (χ4v) is 8.71. The minimum absolute atomic E-state index is 0.0759. The van der Waals surface area contributed by atoms with E-state index in [0.29, 0.717) is 29.9 Å². The average molecular weight is 631 g/mol. The number of thiophene rings is 2. The number of anilines is 1. The van der Waals surface area contributed by atoms with E-state index in [-0.39, 0.29) is 15.6 Å². The first kappa shape index (κ1) is 29.0. The summed E-state index contributed by atoms with van der Waals surface area (Å²) in [5.41, 5.74) is 6.46. The van der Waals surface area contributed by atoms with Gasteiger partial charge in [0.1, 0.15) is 9.97 Å². The average Bonchev–Trinajstić information content (AvgIpc) is 3.69. The highest BCUT2D eigenvalue weighted by atomic mass is 32.2. The Kier molecular flexibility index (Phi) is 7.57. The molecule has 0 radical (unpaired) electrons. The van der Waals surface area contributed by atoms with Gasteiger partial charge in [-0.1, -0.05) is 35.5 Å². The normalized spacial score (nSPS) is 11.8. The largest absolute Gasteiger partial charge is 0.359 e. The highest BCUT2D eigenvalue weighted by Gasteiger charge is 2.25. The van der Waals surface area contributed by atoms with E-state index in [4.69, 9.17) is 9.51 Å². The Hall–Kier alpha value is -4.06. The lowest BCUT2D eigenvalue weighted by Gasteiger charge is -2.15. The first-order valence-electron chi connectivity index (χ1n) is 13.7. The summed E-state index contributed by atoms with van der Waals surface area (Å²) in [7, 11) is -3.90. The molecule has 0 atom stereocenters. The molecule has 220 valence electrons. The highest BCUT2D eigenvalue weighted by molar-refractivity contribution is 7.94. The molecule has 6 rings (SSSR count). The van der Waals surface area contributed by atoms with Crippen LogP contribution in [0.1, 0.15) is 43.6 Å². The smallest absolute Gasteiger partial charge is 0.273 e. The van der Waals surface area contributed by atoms with E-state index in [9.17, 15) is 13.2 Å². The van der Waals surface area contributed by atoms with Crippen LogP contribution in [0.15, 0.2) is 73.5 Å². The number of aromatic nitrogens is 3. The molecule has 5 heterocycles. The van der Waals surface area contributed by atoms with Gasteiger partial charge in [-0.05, 0) is 74.9 Å². The van der Waals surface area contributed by atoms with E-state index in [0.717, 1.165) is 43.9 Å². The SMILES string of the molecule is Cc1cc(-c2ccc(Cn3c(=O)cc(C)c4c(C)nc(Cc5cccs5)cc43)cc2)c(S(=O)(=O)Nc2noc(C)c2C)s1. The summed E-state index contributed by atoms with van der Waals surface area (Å²) in [5, 5.41) is 6.90. The van der Waals surface area contributed by atoms with Gasteiger partial charge >= 0.3 is 0 Å². The second kappa shape index (κ2) is 11.2. The van der Waals surface area contributed by atoms with Gasteiger partial charge in [0.05, 0.1) is 12.1 Å². The molecule has 0 spiro atoms. The van der Waals surface area contributed by atoms with Crippen molar-refractivity contribution in [1.29, 1.82) is 0 Å². The zero-order valence-corrected chi connectivity index (χ0v) is 26.8. The lowest BCUT2D eigenvalue weighted by molar-refractivity contribution is 0.399. The first-order chi connectivity index (χ1) is 20.5. The monoisotopic (exact) mass is 630 g/mol. The molecule has 0 fully saturated rings. The maximum atomic E-state index is 13.4. The number of nitrogens with one attached hydrogen (secondary N) is 1. The number of benzene rings is 1. The molecule has 1 N–H and O–H groups in total. The zero-order valence-electron chi connectivity index (χ0n) is 24.4. The minimum Gasteiger partial charge on any atom is -0.359 e. The zero-order chi connectivity index (χ0) is 30.5. The number of hydrogen-bond donors (Lipinski definition) is 1. The van der Waals surface area contributed by atoms with Crippen LogP contribution in [0.5, 0.6) is 0 Å². The van der Waals surface area contributed by atoms with Gasteiger partial charge in [0.25, 0.3) is 15.6 Å². The molecule has 1 aromatic carbocycles. The van der Waals surface area contributed by atoms with Crippen molar-refractivity contribution in [3.8, 4) is 11.1 Å². The van der Waals surface area contributed by atoms with Crippen LogP contribution < -0.4 is 10.3 Å². The third-order valence-electron chi connectivity index (χ3n) is 7.52. The van der Waals surface area contributed by atoms with Crippen LogP contribution in [0.25, 0.3) is 22.0 Å². The number of fused-ring (bicyclic) bond motifs is 1. The molecule has 0 unspecified atom stereocenters. The van der Waals surface area contributed by atoms with Crippen LogP contribution >= 0.6 is 22.7 Å². The number of aryl methyl sites for hydroxylation is 4. The number of nitrogens with zero attached hydrogens (tertiary/aromatic N) is 3. The van der Waals surface area contributed by atoms with Crippen LogP contribution in [0.4, 0.5) is 5.82 Å². The van der Waals surface area contributed by atoms with Crippen molar-refractivity contribution in [2.45, 2.75) is 51.8 Å². The van der Waals surface area contributed by atoms with Gasteiger partial charge in [-0.3, -0.25) is 14.5 Å². The molecule has 5 aromatic heterocycles.